The number of fused-ring (bicyclic) bond motifs is 7. The molecule has 2 nitrogen and oxygen atoms in total. The number of rotatable bonds is 6. The summed E-state index contributed by atoms with van der Waals surface area (Å²) >= 11 is 0. The number of aryl methyl sites for hydroxylation is 2. The standard InChI is InChI=1S/C55H40N2/c1-3-37-15-7-9-19-45(37)44-28-25-38(31-36(44)2)42-32-41-16-8-10-20-46(41)55(35-42)57-52-24-14-12-22-48(52)50-34-40(27-30-54(50)57)39-26-29-53-49(33-39)47-21-11-13-23-51(47)56(53)43-17-5-4-6-18-43/h4-35H,3H2,1-2H3. The van der Waals surface area contributed by atoms with Gasteiger partial charge in [0.1, 0.15) is 0 Å². The zero-order valence-corrected chi connectivity index (χ0v) is 32.1. The van der Waals surface area contributed by atoms with Crippen molar-refractivity contribution in [1.82, 2.24) is 9.13 Å². The van der Waals surface area contributed by atoms with E-state index in [9.17, 15) is 0 Å². The highest BCUT2D eigenvalue weighted by Crippen LogP contribution is 2.41. The summed E-state index contributed by atoms with van der Waals surface area (Å²) < 4.78 is 4.86. The summed E-state index contributed by atoms with van der Waals surface area (Å²) in [5.74, 6) is 0. The molecular weight excluding hydrogens is 689 g/mol. The van der Waals surface area contributed by atoms with E-state index < -0.39 is 0 Å². The zero-order chi connectivity index (χ0) is 38.0. The minimum Gasteiger partial charge on any atom is -0.309 e. The molecule has 0 saturated heterocycles. The van der Waals surface area contributed by atoms with Gasteiger partial charge in [-0.3, -0.25) is 0 Å². The fourth-order valence-electron chi connectivity index (χ4n) is 9.30. The average Bonchev–Trinajstić information content (AvgIpc) is 3.78. The molecule has 0 radical (unpaired) electrons. The molecule has 0 aliphatic carbocycles. The Hall–Kier alpha value is -7.16. The molecule has 0 fully saturated rings. The van der Waals surface area contributed by atoms with Gasteiger partial charge in [0, 0.05) is 32.6 Å². The van der Waals surface area contributed by atoms with Gasteiger partial charge in [-0.25, -0.2) is 0 Å². The Morgan fingerprint density at radius 2 is 0.912 bits per heavy atom. The number of hydrogen-bond acceptors (Lipinski definition) is 0. The quantitative estimate of drug-likeness (QED) is 0.161. The molecule has 0 aliphatic rings. The number of hydrogen-bond donors (Lipinski definition) is 0. The first-order valence-electron chi connectivity index (χ1n) is 20.0. The largest absolute Gasteiger partial charge is 0.309 e. The first-order valence-corrected chi connectivity index (χ1v) is 20.0. The summed E-state index contributed by atoms with van der Waals surface area (Å²) in [6, 6.07) is 71.6. The third-order valence-corrected chi connectivity index (χ3v) is 12.0. The first kappa shape index (κ1) is 33.2. The Balaban J connectivity index is 1.08. The van der Waals surface area contributed by atoms with Crippen LogP contribution in [0.25, 0.3) is 99.1 Å². The SMILES string of the molecule is CCc1ccccc1-c1ccc(-c2cc(-n3c4ccccc4c4cc(-c5ccc6c(c5)c5ccccc5n6-c5ccccc5)ccc43)c3ccccc3c2)cc1C. The van der Waals surface area contributed by atoms with Crippen LogP contribution in [0.15, 0.2) is 194 Å². The van der Waals surface area contributed by atoms with Crippen LogP contribution in [0.3, 0.4) is 0 Å². The molecule has 0 saturated carbocycles. The van der Waals surface area contributed by atoms with E-state index >= 15 is 0 Å². The smallest absolute Gasteiger partial charge is 0.0546 e. The molecule has 0 aliphatic heterocycles. The van der Waals surface area contributed by atoms with E-state index in [4.69, 9.17) is 0 Å². The van der Waals surface area contributed by atoms with Crippen molar-refractivity contribution in [2.24, 2.45) is 0 Å². The van der Waals surface area contributed by atoms with Crippen LogP contribution < -0.4 is 0 Å². The fourth-order valence-corrected chi connectivity index (χ4v) is 9.30. The van der Waals surface area contributed by atoms with E-state index in [1.807, 2.05) is 0 Å². The minimum atomic E-state index is 1.01. The van der Waals surface area contributed by atoms with Gasteiger partial charge < -0.3 is 9.13 Å². The average molecular weight is 729 g/mol. The normalized spacial score (nSPS) is 11.8. The summed E-state index contributed by atoms with van der Waals surface area (Å²) in [4.78, 5) is 0. The number of benzene rings is 9. The van der Waals surface area contributed by atoms with Gasteiger partial charge in [0.25, 0.3) is 0 Å². The minimum absolute atomic E-state index is 1.01. The predicted octanol–water partition coefficient (Wildman–Crippen LogP) is 14.9. The molecule has 57 heavy (non-hydrogen) atoms. The maximum Gasteiger partial charge on any atom is 0.0546 e. The Bertz CT molecular complexity index is 3340. The van der Waals surface area contributed by atoms with Crippen LogP contribution in [0.1, 0.15) is 18.1 Å². The van der Waals surface area contributed by atoms with Crippen molar-refractivity contribution in [3.8, 4) is 44.8 Å². The van der Waals surface area contributed by atoms with Crippen LogP contribution in [-0.4, -0.2) is 9.13 Å². The van der Waals surface area contributed by atoms with Crippen molar-refractivity contribution in [2.75, 3.05) is 0 Å². The van der Waals surface area contributed by atoms with Crippen molar-refractivity contribution in [3.63, 3.8) is 0 Å². The monoisotopic (exact) mass is 728 g/mol. The van der Waals surface area contributed by atoms with E-state index in [0.717, 1.165) is 6.42 Å². The van der Waals surface area contributed by atoms with Crippen molar-refractivity contribution < 1.29 is 0 Å². The molecule has 0 bridgehead atoms. The Morgan fingerprint density at radius 3 is 1.61 bits per heavy atom. The molecule has 0 amide bonds. The van der Waals surface area contributed by atoms with Crippen molar-refractivity contribution in [1.29, 1.82) is 0 Å². The second kappa shape index (κ2) is 13.3. The van der Waals surface area contributed by atoms with Gasteiger partial charge in [-0.05, 0) is 124 Å². The summed E-state index contributed by atoms with van der Waals surface area (Å²) in [7, 11) is 0. The van der Waals surface area contributed by atoms with Crippen LogP contribution in [0.4, 0.5) is 0 Å². The Morgan fingerprint density at radius 1 is 0.368 bits per heavy atom. The van der Waals surface area contributed by atoms with E-state index in [1.165, 1.54) is 110 Å². The third-order valence-electron chi connectivity index (χ3n) is 12.0. The molecule has 2 heterocycles. The van der Waals surface area contributed by atoms with Crippen LogP contribution in [-0.2, 0) is 6.42 Å². The van der Waals surface area contributed by atoms with Gasteiger partial charge in [0.15, 0.2) is 0 Å². The first-order chi connectivity index (χ1) is 28.1. The van der Waals surface area contributed by atoms with Gasteiger partial charge in [-0.2, -0.15) is 0 Å². The molecule has 2 heteroatoms. The van der Waals surface area contributed by atoms with Gasteiger partial charge in [0.05, 0.1) is 27.8 Å². The molecule has 11 rings (SSSR count). The van der Waals surface area contributed by atoms with E-state index in [1.54, 1.807) is 0 Å². The second-order valence-electron chi connectivity index (χ2n) is 15.3. The topological polar surface area (TPSA) is 9.86 Å². The lowest BCUT2D eigenvalue weighted by atomic mass is 9.91. The van der Waals surface area contributed by atoms with Gasteiger partial charge >= 0.3 is 0 Å². The van der Waals surface area contributed by atoms with Crippen molar-refractivity contribution in [2.45, 2.75) is 20.3 Å². The zero-order valence-electron chi connectivity index (χ0n) is 32.1. The molecule has 11 aromatic rings. The highest BCUT2D eigenvalue weighted by molar-refractivity contribution is 6.13. The number of para-hydroxylation sites is 3. The molecule has 0 spiro atoms. The lowest BCUT2D eigenvalue weighted by molar-refractivity contribution is 1.14. The Labute approximate surface area is 332 Å². The summed E-state index contributed by atoms with van der Waals surface area (Å²) in [5, 5.41) is 7.49. The summed E-state index contributed by atoms with van der Waals surface area (Å²) in [6.07, 6.45) is 1.01. The lowest BCUT2D eigenvalue weighted by Gasteiger charge is -2.16. The molecule has 0 atom stereocenters. The van der Waals surface area contributed by atoms with Crippen LogP contribution in [0, 0.1) is 6.92 Å². The maximum absolute atomic E-state index is 2.48. The Kier molecular flexibility index (Phi) is 7.72. The van der Waals surface area contributed by atoms with Gasteiger partial charge in [-0.15, -0.1) is 0 Å². The van der Waals surface area contributed by atoms with E-state index in [0.29, 0.717) is 0 Å². The predicted molar refractivity (Wildman–Crippen MR) is 243 cm³/mol. The second-order valence-corrected chi connectivity index (χ2v) is 15.3. The highest BCUT2D eigenvalue weighted by atomic mass is 15.0. The number of aromatic nitrogens is 2. The molecular formula is C55H40N2. The molecule has 270 valence electrons. The summed E-state index contributed by atoms with van der Waals surface area (Å²) in [6.45, 7) is 4.48. The van der Waals surface area contributed by atoms with Crippen molar-refractivity contribution in [3.05, 3.63) is 205 Å². The lowest BCUT2D eigenvalue weighted by Crippen LogP contribution is -1.97. The molecule has 0 unspecified atom stereocenters. The van der Waals surface area contributed by atoms with E-state index in [-0.39, 0.29) is 0 Å². The van der Waals surface area contributed by atoms with Crippen LogP contribution in [0.2, 0.25) is 0 Å². The van der Waals surface area contributed by atoms with Crippen molar-refractivity contribution >= 4 is 54.4 Å². The summed E-state index contributed by atoms with van der Waals surface area (Å²) in [5.41, 5.74) is 17.4. The molecule has 0 N–H and O–H groups in total. The number of nitrogens with zero attached hydrogens (tertiary/aromatic N) is 2. The van der Waals surface area contributed by atoms with E-state index in [2.05, 4.69) is 217 Å². The molecule has 9 aromatic carbocycles. The van der Waals surface area contributed by atoms with Crippen LogP contribution >= 0.6 is 0 Å². The maximum atomic E-state index is 2.48. The highest BCUT2D eigenvalue weighted by Gasteiger charge is 2.18. The fraction of sp³-hybridized carbons (Fsp3) is 0.0545. The third kappa shape index (κ3) is 5.33. The van der Waals surface area contributed by atoms with Crippen LogP contribution in [0.5, 0.6) is 0 Å². The van der Waals surface area contributed by atoms with Gasteiger partial charge in [-0.1, -0.05) is 140 Å². The molecule has 2 aromatic heterocycles. The van der Waals surface area contributed by atoms with Gasteiger partial charge in [0.2, 0.25) is 0 Å².